The van der Waals surface area contributed by atoms with Gasteiger partial charge in [-0.15, -0.1) is 0 Å². The van der Waals surface area contributed by atoms with E-state index in [9.17, 15) is 23.7 Å². The Morgan fingerprint density at radius 2 is 1.83 bits per heavy atom. The fourth-order valence-corrected chi connectivity index (χ4v) is 5.19. The molecule has 2 aromatic rings. The van der Waals surface area contributed by atoms with E-state index in [1.54, 1.807) is 11.8 Å². The molecule has 192 valence electrons. The number of amides is 1. The number of rotatable bonds is 5. The van der Waals surface area contributed by atoms with E-state index in [0.29, 0.717) is 24.7 Å². The molecule has 12 heteroatoms. The lowest BCUT2D eigenvalue weighted by atomic mass is 9.96. The summed E-state index contributed by atoms with van der Waals surface area (Å²) in [6.45, 7) is 5.16. The highest BCUT2D eigenvalue weighted by Crippen LogP contribution is 2.58. The van der Waals surface area contributed by atoms with E-state index in [1.165, 1.54) is 12.1 Å². The number of non-ortho nitro benzene ring substituents is 1. The lowest BCUT2D eigenvalue weighted by molar-refractivity contribution is -0.385. The van der Waals surface area contributed by atoms with E-state index < -0.39 is 28.3 Å². The van der Waals surface area contributed by atoms with E-state index in [1.807, 2.05) is 4.90 Å². The number of carbonyl (C=O) groups excluding carboxylic acids is 1. The molecule has 36 heavy (non-hydrogen) atoms. The van der Waals surface area contributed by atoms with Crippen molar-refractivity contribution in [3.63, 3.8) is 0 Å². The van der Waals surface area contributed by atoms with Crippen LogP contribution >= 0.6 is 0 Å². The summed E-state index contributed by atoms with van der Waals surface area (Å²) in [6, 6.07) is 3.49. The lowest BCUT2D eigenvalue weighted by Gasteiger charge is -2.33. The Kier molecular flexibility index (Phi) is 5.79. The van der Waals surface area contributed by atoms with Gasteiger partial charge in [-0.3, -0.25) is 14.9 Å². The molecule has 3 aliphatic rings. The Morgan fingerprint density at radius 1 is 1.14 bits per heavy atom. The van der Waals surface area contributed by atoms with Crippen LogP contribution in [0.4, 0.5) is 36.3 Å². The first-order valence-corrected chi connectivity index (χ1v) is 12.0. The van der Waals surface area contributed by atoms with Crippen molar-refractivity contribution in [1.82, 2.24) is 9.97 Å². The van der Waals surface area contributed by atoms with Gasteiger partial charge >= 0.3 is 0 Å². The van der Waals surface area contributed by atoms with E-state index in [2.05, 4.69) is 22.2 Å². The van der Waals surface area contributed by atoms with Crippen molar-refractivity contribution in [3.8, 4) is 0 Å². The molecule has 0 radical (unpaired) electrons. The molecule has 2 aliphatic heterocycles. The Bertz CT molecular complexity index is 1230. The number of anilines is 3. The standard InChI is InChI=1S/C24H27F3N6O3/c1-14-9-19(30-22(28-14)31-7-4-24(26,27)5-8-31)29-21(34)20-17(25)10-16(33(35)36)11-18(20)32-6-3-23(2)12-15(23)13-32/h9-11,15H,3-8,12-13H2,1-2H3,(H,28,29,30,34)/t15-,23-/m1/s1. The van der Waals surface area contributed by atoms with Crippen LogP contribution in [0.2, 0.25) is 0 Å². The maximum absolute atomic E-state index is 15.2. The summed E-state index contributed by atoms with van der Waals surface area (Å²) in [4.78, 5) is 36.1. The molecule has 9 nitrogen and oxygen atoms in total. The number of piperidine rings is 2. The van der Waals surface area contributed by atoms with Crippen molar-refractivity contribution in [2.75, 3.05) is 41.3 Å². The Hall–Kier alpha value is -3.44. The average molecular weight is 505 g/mol. The molecule has 1 amide bonds. The molecule has 2 atom stereocenters. The number of hydrogen-bond acceptors (Lipinski definition) is 7. The number of nitrogens with zero attached hydrogens (tertiary/aromatic N) is 5. The molecule has 1 aromatic carbocycles. The predicted molar refractivity (Wildman–Crippen MR) is 127 cm³/mol. The van der Waals surface area contributed by atoms with E-state index in [0.717, 1.165) is 18.9 Å². The van der Waals surface area contributed by atoms with E-state index >= 15 is 4.39 Å². The van der Waals surface area contributed by atoms with Crippen molar-refractivity contribution in [2.24, 2.45) is 11.3 Å². The van der Waals surface area contributed by atoms with Crippen LogP contribution in [0.3, 0.4) is 0 Å². The van der Waals surface area contributed by atoms with Crippen LogP contribution in [0.25, 0.3) is 0 Å². The highest BCUT2D eigenvalue weighted by atomic mass is 19.3. The van der Waals surface area contributed by atoms with Crippen LogP contribution in [-0.2, 0) is 0 Å². The summed E-state index contributed by atoms with van der Waals surface area (Å²) in [7, 11) is 0. The van der Waals surface area contributed by atoms with Crippen LogP contribution in [0, 0.1) is 34.2 Å². The molecule has 0 bridgehead atoms. The molecule has 1 aliphatic carbocycles. The maximum atomic E-state index is 15.2. The SMILES string of the molecule is Cc1cc(NC(=O)c2c(F)cc([N+](=O)[O-])cc2N2CC[C@]3(C)C[C@@H]3C2)nc(N2CCC(F)(F)CC2)n1. The molecule has 1 aromatic heterocycles. The van der Waals surface area contributed by atoms with Gasteiger partial charge in [0.1, 0.15) is 11.6 Å². The highest BCUT2D eigenvalue weighted by molar-refractivity contribution is 6.08. The molecule has 5 rings (SSSR count). The molecular formula is C24H27F3N6O3. The van der Waals surface area contributed by atoms with Crippen LogP contribution < -0.4 is 15.1 Å². The number of aryl methyl sites for hydroxylation is 1. The first-order valence-electron chi connectivity index (χ1n) is 12.0. The van der Waals surface area contributed by atoms with Gasteiger partial charge in [0.2, 0.25) is 5.95 Å². The van der Waals surface area contributed by atoms with E-state index in [-0.39, 0.29) is 54.4 Å². The minimum atomic E-state index is -2.73. The summed E-state index contributed by atoms with van der Waals surface area (Å²) in [5.41, 5.74) is 0.204. The summed E-state index contributed by atoms with van der Waals surface area (Å²) >= 11 is 0. The zero-order valence-electron chi connectivity index (χ0n) is 20.1. The third-order valence-electron chi connectivity index (χ3n) is 7.63. The summed E-state index contributed by atoms with van der Waals surface area (Å²) in [6.07, 6.45) is 1.25. The number of nitro groups is 1. The zero-order valence-corrected chi connectivity index (χ0v) is 20.1. The Morgan fingerprint density at radius 3 is 2.50 bits per heavy atom. The fraction of sp³-hybridized carbons (Fsp3) is 0.542. The van der Waals surface area contributed by atoms with Crippen molar-refractivity contribution < 1.29 is 22.9 Å². The van der Waals surface area contributed by atoms with Gasteiger partial charge in [0.05, 0.1) is 22.2 Å². The smallest absolute Gasteiger partial charge is 0.274 e. The highest BCUT2D eigenvalue weighted by Gasteiger charge is 2.53. The Labute approximate surface area is 205 Å². The van der Waals surface area contributed by atoms with Crippen LogP contribution in [0.1, 0.15) is 48.7 Å². The molecule has 1 saturated carbocycles. The maximum Gasteiger partial charge on any atom is 0.274 e. The molecule has 1 N–H and O–H groups in total. The van der Waals surface area contributed by atoms with Gasteiger partial charge in [-0.2, -0.15) is 4.98 Å². The quantitative estimate of drug-likeness (QED) is 0.470. The second-order valence-corrected chi connectivity index (χ2v) is 10.3. The summed E-state index contributed by atoms with van der Waals surface area (Å²) < 4.78 is 42.3. The topological polar surface area (TPSA) is 104 Å². The predicted octanol–water partition coefficient (Wildman–Crippen LogP) is 4.56. The van der Waals surface area contributed by atoms with Crippen molar-refractivity contribution in [1.29, 1.82) is 0 Å². The minimum Gasteiger partial charge on any atom is -0.370 e. The fourth-order valence-electron chi connectivity index (χ4n) is 5.19. The van der Waals surface area contributed by atoms with Crippen molar-refractivity contribution >= 4 is 29.0 Å². The number of alkyl halides is 2. The van der Waals surface area contributed by atoms with Gasteiger partial charge in [-0.25, -0.2) is 18.2 Å². The molecule has 0 unspecified atom stereocenters. The number of nitro benzene ring substituents is 1. The summed E-state index contributed by atoms with van der Waals surface area (Å²) in [5, 5.41) is 14.0. The molecule has 2 saturated heterocycles. The van der Waals surface area contributed by atoms with E-state index in [4.69, 9.17) is 0 Å². The largest absolute Gasteiger partial charge is 0.370 e. The van der Waals surface area contributed by atoms with Crippen LogP contribution in [0.15, 0.2) is 18.2 Å². The number of hydrogen-bond donors (Lipinski definition) is 1. The van der Waals surface area contributed by atoms with Gasteiger partial charge in [0, 0.05) is 56.8 Å². The van der Waals surface area contributed by atoms with Gasteiger partial charge < -0.3 is 15.1 Å². The van der Waals surface area contributed by atoms with Gasteiger partial charge in [-0.05, 0) is 31.1 Å². The zero-order chi connectivity index (χ0) is 25.8. The molecule has 3 heterocycles. The normalized spacial score (nSPS) is 24.8. The second kappa shape index (κ2) is 8.59. The van der Waals surface area contributed by atoms with Gasteiger partial charge in [-0.1, -0.05) is 6.92 Å². The number of nitrogens with one attached hydrogen (secondary N) is 1. The van der Waals surface area contributed by atoms with Crippen molar-refractivity contribution in [3.05, 3.63) is 45.4 Å². The molecular weight excluding hydrogens is 477 g/mol. The Balaban J connectivity index is 1.43. The van der Waals surface area contributed by atoms with Gasteiger partial charge in [0.25, 0.3) is 17.5 Å². The van der Waals surface area contributed by atoms with Crippen LogP contribution in [-0.4, -0.2) is 52.9 Å². The number of halogens is 3. The first-order chi connectivity index (χ1) is 16.9. The molecule has 3 fully saturated rings. The minimum absolute atomic E-state index is 0.0695. The molecule has 0 spiro atoms. The van der Waals surface area contributed by atoms with Crippen LogP contribution in [0.5, 0.6) is 0 Å². The second-order valence-electron chi connectivity index (χ2n) is 10.3. The first kappa shape index (κ1) is 24.3. The average Bonchev–Trinajstić information content (AvgIpc) is 3.48. The van der Waals surface area contributed by atoms with Crippen molar-refractivity contribution in [2.45, 2.75) is 45.5 Å². The number of carbonyl (C=O) groups is 1. The third kappa shape index (κ3) is 4.68. The third-order valence-corrected chi connectivity index (χ3v) is 7.63. The number of benzene rings is 1. The number of fused-ring (bicyclic) bond motifs is 1. The summed E-state index contributed by atoms with van der Waals surface area (Å²) in [5.74, 6) is -3.83. The monoisotopic (exact) mass is 504 g/mol. The lowest BCUT2D eigenvalue weighted by Crippen LogP contribution is -2.40. The van der Waals surface area contributed by atoms with Gasteiger partial charge in [0.15, 0.2) is 0 Å². The number of aromatic nitrogens is 2.